The van der Waals surface area contributed by atoms with Crippen LogP contribution in [-0.2, 0) is 0 Å². The molecule has 1 aliphatic rings. The minimum atomic E-state index is 0.317. The minimum Gasteiger partial charge on any atom is -0.495 e. The predicted octanol–water partition coefficient (Wildman–Crippen LogP) is 3.84. The number of rotatable bonds is 3. The molecule has 1 saturated carbocycles. The van der Waals surface area contributed by atoms with Crippen LogP contribution in [0.1, 0.15) is 37.3 Å². The first-order chi connectivity index (χ1) is 10.1. The summed E-state index contributed by atoms with van der Waals surface area (Å²) in [5.74, 6) is 1.33. The molecule has 0 radical (unpaired) electrons. The fraction of sp³-hybridized carbons (Fsp3) is 0.562. The van der Waals surface area contributed by atoms with Gasteiger partial charge in [-0.25, -0.2) is 0 Å². The van der Waals surface area contributed by atoms with Crippen LogP contribution in [-0.4, -0.2) is 28.6 Å². The van der Waals surface area contributed by atoms with Gasteiger partial charge in [-0.2, -0.15) is 5.10 Å². The number of aryl methyl sites for hydroxylation is 1. The van der Waals surface area contributed by atoms with E-state index in [9.17, 15) is 5.11 Å². The van der Waals surface area contributed by atoms with Crippen LogP contribution in [0, 0.1) is 12.8 Å². The highest BCUT2D eigenvalue weighted by molar-refractivity contribution is 9.10. The number of nitrogens with zero attached hydrogens (tertiary/aromatic N) is 2. The monoisotopic (exact) mass is 352 g/mol. The van der Waals surface area contributed by atoms with E-state index in [-0.39, 0.29) is 0 Å². The quantitative estimate of drug-likeness (QED) is 0.912. The van der Waals surface area contributed by atoms with Crippen molar-refractivity contribution < 1.29 is 9.84 Å². The van der Waals surface area contributed by atoms with Gasteiger partial charge in [0.05, 0.1) is 23.1 Å². The Hall–Kier alpha value is -1.07. The molecule has 1 fully saturated rings. The minimum absolute atomic E-state index is 0.317. The maximum atomic E-state index is 9.25. The van der Waals surface area contributed by atoms with Crippen LogP contribution in [0.15, 0.2) is 16.7 Å². The van der Waals surface area contributed by atoms with Crippen molar-refractivity contribution in [3.63, 3.8) is 0 Å². The smallest absolute Gasteiger partial charge is 0.138 e. The average Bonchev–Trinajstić information content (AvgIpc) is 2.92. The van der Waals surface area contributed by atoms with Crippen LogP contribution in [0.5, 0.6) is 5.75 Å². The lowest BCUT2D eigenvalue weighted by Crippen LogP contribution is -2.20. The van der Waals surface area contributed by atoms with Crippen LogP contribution in [0.25, 0.3) is 10.9 Å². The van der Waals surface area contributed by atoms with Gasteiger partial charge in [0.25, 0.3) is 0 Å². The second-order valence-corrected chi connectivity index (χ2v) is 6.78. The summed E-state index contributed by atoms with van der Waals surface area (Å²) in [5.41, 5.74) is 2.09. The topological polar surface area (TPSA) is 47.3 Å². The lowest BCUT2D eigenvalue weighted by molar-refractivity contribution is 0.165. The molecule has 0 unspecified atom stereocenters. The van der Waals surface area contributed by atoms with Crippen molar-refractivity contribution in [2.24, 2.45) is 5.92 Å². The highest BCUT2D eigenvalue weighted by Gasteiger charge is 2.23. The Labute approximate surface area is 133 Å². The number of benzene rings is 1. The van der Waals surface area contributed by atoms with Crippen LogP contribution < -0.4 is 4.74 Å². The fourth-order valence-electron chi connectivity index (χ4n) is 3.32. The summed E-state index contributed by atoms with van der Waals surface area (Å²) in [6.07, 6.45) is 6.50. The Balaban J connectivity index is 1.93. The largest absolute Gasteiger partial charge is 0.495 e. The number of ether oxygens (including phenoxy) is 1. The van der Waals surface area contributed by atoms with Gasteiger partial charge in [0.2, 0.25) is 0 Å². The Morgan fingerprint density at radius 1 is 1.38 bits per heavy atom. The van der Waals surface area contributed by atoms with Crippen molar-refractivity contribution in [1.29, 1.82) is 0 Å². The van der Waals surface area contributed by atoms with E-state index < -0.39 is 0 Å². The second kappa shape index (κ2) is 5.97. The number of fused-ring (bicyclic) bond motifs is 1. The van der Waals surface area contributed by atoms with Crippen molar-refractivity contribution in [3.05, 3.63) is 22.3 Å². The number of hydrogen-bond acceptors (Lipinski definition) is 3. The molecule has 1 aliphatic carbocycles. The van der Waals surface area contributed by atoms with Crippen molar-refractivity contribution in [1.82, 2.24) is 9.78 Å². The first kappa shape index (κ1) is 14.9. The maximum absolute atomic E-state index is 9.25. The van der Waals surface area contributed by atoms with E-state index in [1.54, 1.807) is 7.11 Å². The summed E-state index contributed by atoms with van der Waals surface area (Å²) >= 11 is 3.56. The van der Waals surface area contributed by atoms with Crippen molar-refractivity contribution in [2.45, 2.75) is 38.6 Å². The number of hydrogen-bond donors (Lipinski definition) is 1. The number of halogens is 1. The van der Waals surface area contributed by atoms with Gasteiger partial charge in [-0.05, 0) is 60.5 Å². The van der Waals surface area contributed by atoms with Gasteiger partial charge >= 0.3 is 0 Å². The van der Waals surface area contributed by atoms with Crippen LogP contribution in [0.3, 0.4) is 0 Å². The molecule has 1 heterocycles. The third kappa shape index (κ3) is 2.69. The van der Waals surface area contributed by atoms with Gasteiger partial charge in [0.1, 0.15) is 5.75 Å². The molecule has 5 heteroatoms. The third-order valence-electron chi connectivity index (χ3n) is 4.61. The van der Waals surface area contributed by atoms with E-state index >= 15 is 0 Å². The van der Waals surface area contributed by atoms with Gasteiger partial charge in [-0.15, -0.1) is 0 Å². The molecule has 0 bridgehead atoms. The molecule has 0 atom stereocenters. The van der Waals surface area contributed by atoms with E-state index in [1.165, 1.54) is 0 Å². The molecule has 4 nitrogen and oxygen atoms in total. The molecule has 3 rings (SSSR count). The van der Waals surface area contributed by atoms with E-state index in [0.717, 1.165) is 52.4 Å². The van der Waals surface area contributed by atoms with Gasteiger partial charge in [0.15, 0.2) is 0 Å². The highest BCUT2D eigenvalue weighted by Crippen LogP contribution is 2.37. The molecule has 1 aromatic heterocycles. The standard InChI is InChI=1S/C16H21BrN2O2/c1-10-15-12(7-14(17)16(10)21-2)8-19(18-15)13-5-3-11(9-20)4-6-13/h7-8,11,13,20H,3-6,9H2,1-2H3. The van der Waals surface area contributed by atoms with Crippen molar-refractivity contribution in [3.8, 4) is 5.75 Å². The van der Waals surface area contributed by atoms with Gasteiger partial charge < -0.3 is 9.84 Å². The number of aliphatic hydroxyl groups is 1. The number of aromatic nitrogens is 2. The first-order valence-corrected chi connectivity index (χ1v) is 8.26. The summed E-state index contributed by atoms with van der Waals surface area (Å²) in [7, 11) is 1.69. The summed E-state index contributed by atoms with van der Waals surface area (Å²) in [5, 5.41) is 15.2. The molecule has 0 aliphatic heterocycles. The maximum Gasteiger partial charge on any atom is 0.138 e. The van der Waals surface area contributed by atoms with E-state index in [4.69, 9.17) is 9.84 Å². The fourth-order valence-corrected chi connectivity index (χ4v) is 4.03. The Morgan fingerprint density at radius 3 is 2.71 bits per heavy atom. The molecule has 2 aromatic rings. The Kier molecular flexibility index (Phi) is 4.22. The van der Waals surface area contributed by atoms with E-state index in [0.29, 0.717) is 18.6 Å². The third-order valence-corrected chi connectivity index (χ3v) is 5.20. The molecular weight excluding hydrogens is 332 g/mol. The summed E-state index contributed by atoms with van der Waals surface area (Å²) in [6, 6.07) is 2.52. The predicted molar refractivity (Wildman–Crippen MR) is 86.8 cm³/mol. The first-order valence-electron chi connectivity index (χ1n) is 7.46. The SMILES string of the molecule is COc1c(Br)cc2cn(C3CCC(CO)CC3)nc2c1C. The normalized spacial score (nSPS) is 22.7. The highest BCUT2D eigenvalue weighted by atomic mass is 79.9. The lowest BCUT2D eigenvalue weighted by Gasteiger charge is -2.27. The Morgan fingerprint density at radius 2 is 2.10 bits per heavy atom. The molecule has 1 aromatic carbocycles. The van der Waals surface area contributed by atoms with Crippen LogP contribution in [0.4, 0.5) is 0 Å². The molecule has 1 N–H and O–H groups in total. The molecule has 0 amide bonds. The van der Waals surface area contributed by atoms with Crippen molar-refractivity contribution in [2.75, 3.05) is 13.7 Å². The number of aliphatic hydroxyl groups excluding tert-OH is 1. The number of methoxy groups -OCH3 is 1. The van der Waals surface area contributed by atoms with E-state index in [1.807, 2.05) is 6.92 Å². The zero-order chi connectivity index (χ0) is 15.0. The molecule has 0 saturated heterocycles. The van der Waals surface area contributed by atoms with Crippen LogP contribution >= 0.6 is 15.9 Å². The lowest BCUT2D eigenvalue weighted by atomic mass is 9.87. The zero-order valence-corrected chi connectivity index (χ0v) is 14.1. The van der Waals surface area contributed by atoms with Gasteiger partial charge in [0, 0.05) is 23.8 Å². The van der Waals surface area contributed by atoms with Crippen molar-refractivity contribution >= 4 is 26.8 Å². The molecule has 0 spiro atoms. The van der Waals surface area contributed by atoms with Gasteiger partial charge in [-0.1, -0.05) is 0 Å². The Bertz CT molecular complexity index is 645. The molecule has 114 valence electrons. The zero-order valence-electron chi connectivity index (χ0n) is 12.5. The van der Waals surface area contributed by atoms with E-state index in [2.05, 4.69) is 32.9 Å². The average molecular weight is 353 g/mol. The second-order valence-electron chi connectivity index (χ2n) is 5.92. The molecule has 21 heavy (non-hydrogen) atoms. The molecular formula is C16H21BrN2O2. The summed E-state index contributed by atoms with van der Waals surface area (Å²) in [6.45, 7) is 2.36. The summed E-state index contributed by atoms with van der Waals surface area (Å²) < 4.78 is 8.52. The van der Waals surface area contributed by atoms with Gasteiger partial charge in [-0.3, -0.25) is 4.68 Å². The van der Waals surface area contributed by atoms with Crippen LogP contribution in [0.2, 0.25) is 0 Å². The summed E-state index contributed by atoms with van der Waals surface area (Å²) in [4.78, 5) is 0.